The summed E-state index contributed by atoms with van der Waals surface area (Å²) >= 11 is 0. The number of hydrogen-bond acceptors (Lipinski definition) is 5. The summed E-state index contributed by atoms with van der Waals surface area (Å²) in [4.78, 5) is 37.0. The average molecular weight is 394 g/mol. The van der Waals surface area contributed by atoms with Crippen LogP contribution >= 0.6 is 0 Å². The van der Waals surface area contributed by atoms with E-state index < -0.39 is 6.03 Å². The third kappa shape index (κ3) is 4.47. The van der Waals surface area contributed by atoms with E-state index in [1.54, 1.807) is 36.7 Å². The number of hydrogen-bond donors (Lipinski definition) is 2. The van der Waals surface area contributed by atoms with Crippen LogP contribution in [0.25, 0.3) is 0 Å². The first kappa shape index (κ1) is 19.2. The summed E-state index contributed by atoms with van der Waals surface area (Å²) in [6.45, 7) is 3.44. The van der Waals surface area contributed by atoms with Crippen LogP contribution in [-0.2, 0) is 0 Å². The topological polar surface area (TPSA) is 104 Å². The Balaban J connectivity index is 1.38. The largest absolute Gasteiger partial charge is 0.351 e. The number of nitrogens with two attached hydrogens (primary N) is 1. The van der Waals surface area contributed by atoms with Gasteiger partial charge in [0.1, 0.15) is 0 Å². The van der Waals surface area contributed by atoms with Crippen LogP contribution in [0.3, 0.4) is 0 Å². The van der Waals surface area contributed by atoms with Crippen molar-refractivity contribution in [3.63, 3.8) is 0 Å². The van der Waals surface area contributed by atoms with E-state index in [9.17, 15) is 9.59 Å². The van der Waals surface area contributed by atoms with E-state index in [0.717, 1.165) is 45.0 Å². The second-order valence-electron chi connectivity index (χ2n) is 7.77. The van der Waals surface area contributed by atoms with Gasteiger partial charge in [0.05, 0.1) is 0 Å². The van der Waals surface area contributed by atoms with Crippen molar-refractivity contribution in [2.75, 3.05) is 36.4 Å². The van der Waals surface area contributed by atoms with Crippen LogP contribution in [0.1, 0.15) is 29.6 Å². The fourth-order valence-electron chi connectivity index (χ4n) is 4.44. The van der Waals surface area contributed by atoms with Gasteiger partial charge in [-0.2, -0.15) is 0 Å². The number of amides is 3. The minimum absolute atomic E-state index is 0.000298. The minimum Gasteiger partial charge on any atom is -0.351 e. The van der Waals surface area contributed by atoms with Crippen molar-refractivity contribution in [2.45, 2.75) is 19.3 Å². The molecule has 3 heterocycles. The van der Waals surface area contributed by atoms with Crippen LogP contribution in [0.5, 0.6) is 0 Å². The standard InChI is InChI=1S/C21H26N6O2/c22-20(29)25-18-6-1-4-15(12-18)19(28)26-11-7-17(13-26)16-5-2-10-27(14-16)21-23-8-3-9-24-21/h1,3-4,6,8-9,12,16-17H,2,5,7,10-11,13-14H2,(H3,22,25,29). The maximum atomic E-state index is 13.0. The zero-order chi connectivity index (χ0) is 20.2. The molecule has 2 saturated heterocycles. The van der Waals surface area contributed by atoms with Gasteiger partial charge < -0.3 is 20.9 Å². The lowest BCUT2D eigenvalue weighted by atomic mass is 9.85. The number of rotatable bonds is 4. The van der Waals surface area contributed by atoms with Crippen molar-refractivity contribution in [1.29, 1.82) is 0 Å². The first-order valence-electron chi connectivity index (χ1n) is 10.1. The van der Waals surface area contributed by atoms with Crippen LogP contribution < -0.4 is 16.0 Å². The summed E-state index contributed by atoms with van der Waals surface area (Å²) in [6.07, 6.45) is 6.87. The first-order chi connectivity index (χ1) is 14.1. The summed E-state index contributed by atoms with van der Waals surface area (Å²) in [6, 6.07) is 8.12. The molecule has 0 radical (unpaired) electrons. The molecule has 8 heteroatoms. The molecule has 2 fully saturated rings. The monoisotopic (exact) mass is 394 g/mol. The van der Waals surface area contributed by atoms with Gasteiger partial charge in [-0.15, -0.1) is 0 Å². The highest BCUT2D eigenvalue weighted by Gasteiger charge is 2.35. The summed E-state index contributed by atoms with van der Waals surface area (Å²) < 4.78 is 0. The van der Waals surface area contributed by atoms with Gasteiger partial charge in [0.2, 0.25) is 5.95 Å². The highest BCUT2D eigenvalue weighted by molar-refractivity contribution is 5.96. The third-order valence-corrected chi connectivity index (χ3v) is 5.85. The molecule has 2 aromatic rings. The number of carbonyl (C=O) groups is 2. The molecule has 152 valence electrons. The van der Waals surface area contributed by atoms with E-state index in [-0.39, 0.29) is 5.91 Å². The molecule has 1 aromatic carbocycles. The highest BCUT2D eigenvalue weighted by Crippen LogP contribution is 2.32. The summed E-state index contributed by atoms with van der Waals surface area (Å²) in [5, 5.41) is 2.52. The van der Waals surface area contributed by atoms with Crippen molar-refractivity contribution >= 4 is 23.6 Å². The lowest BCUT2D eigenvalue weighted by Crippen LogP contribution is -2.40. The maximum absolute atomic E-state index is 13.0. The molecule has 0 saturated carbocycles. The second-order valence-corrected chi connectivity index (χ2v) is 7.77. The molecule has 29 heavy (non-hydrogen) atoms. The number of primary amides is 1. The Morgan fingerprint density at radius 1 is 1.03 bits per heavy atom. The lowest BCUT2D eigenvalue weighted by Gasteiger charge is -2.35. The van der Waals surface area contributed by atoms with Crippen molar-refractivity contribution in [3.8, 4) is 0 Å². The molecule has 0 bridgehead atoms. The summed E-state index contributed by atoms with van der Waals surface area (Å²) in [5.41, 5.74) is 6.27. The van der Waals surface area contributed by atoms with Crippen molar-refractivity contribution < 1.29 is 9.59 Å². The summed E-state index contributed by atoms with van der Waals surface area (Å²) in [7, 11) is 0. The van der Waals surface area contributed by atoms with E-state index in [4.69, 9.17) is 5.73 Å². The fourth-order valence-corrected chi connectivity index (χ4v) is 4.44. The van der Waals surface area contributed by atoms with Gasteiger partial charge in [0, 0.05) is 49.8 Å². The molecule has 0 aliphatic carbocycles. The molecule has 2 aliphatic heterocycles. The van der Waals surface area contributed by atoms with Crippen LogP contribution in [0.4, 0.5) is 16.4 Å². The number of benzene rings is 1. The Kier molecular flexibility index (Phi) is 5.59. The predicted molar refractivity (Wildman–Crippen MR) is 111 cm³/mol. The lowest BCUT2D eigenvalue weighted by molar-refractivity contribution is 0.0781. The molecule has 8 nitrogen and oxygen atoms in total. The number of nitrogens with one attached hydrogen (secondary N) is 1. The number of aromatic nitrogens is 2. The van der Waals surface area contributed by atoms with E-state index in [0.29, 0.717) is 23.1 Å². The number of likely N-dealkylation sites (tertiary alicyclic amines) is 1. The maximum Gasteiger partial charge on any atom is 0.316 e. The van der Waals surface area contributed by atoms with Crippen LogP contribution in [0, 0.1) is 11.8 Å². The average Bonchev–Trinajstić information content (AvgIpc) is 3.24. The Labute approximate surface area is 170 Å². The normalized spacial score (nSPS) is 21.8. The Hall–Kier alpha value is -3.16. The molecule has 3 amide bonds. The number of nitrogens with zero attached hydrogens (tertiary/aromatic N) is 4. The van der Waals surface area contributed by atoms with Crippen molar-refractivity contribution in [2.24, 2.45) is 17.6 Å². The van der Waals surface area contributed by atoms with Gasteiger partial charge in [-0.1, -0.05) is 6.07 Å². The molecular weight excluding hydrogens is 368 g/mol. The molecule has 2 unspecified atom stereocenters. The zero-order valence-electron chi connectivity index (χ0n) is 16.3. The van der Waals surface area contributed by atoms with Gasteiger partial charge in [-0.05, 0) is 55.4 Å². The minimum atomic E-state index is -0.639. The van der Waals surface area contributed by atoms with Crippen LogP contribution in [-0.4, -0.2) is 53.0 Å². The van der Waals surface area contributed by atoms with Gasteiger partial charge in [0.15, 0.2) is 0 Å². The quantitative estimate of drug-likeness (QED) is 0.828. The van der Waals surface area contributed by atoms with Gasteiger partial charge in [-0.3, -0.25) is 4.79 Å². The molecule has 0 spiro atoms. The Morgan fingerprint density at radius 2 is 1.83 bits per heavy atom. The van der Waals surface area contributed by atoms with Crippen LogP contribution in [0.2, 0.25) is 0 Å². The second kappa shape index (κ2) is 8.46. The smallest absolute Gasteiger partial charge is 0.316 e. The molecule has 1 aromatic heterocycles. The van der Waals surface area contributed by atoms with Crippen LogP contribution in [0.15, 0.2) is 42.7 Å². The highest BCUT2D eigenvalue weighted by atomic mass is 16.2. The van der Waals surface area contributed by atoms with E-state index >= 15 is 0 Å². The van der Waals surface area contributed by atoms with Gasteiger partial charge >= 0.3 is 6.03 Å². The Morgan fingerprint density at radius 3 is 2.62 bits per heavy atom. The first-order valence-corrected chi connectivity index (χ1v) is 10.1. The number of urea groups is 1. The third-order valence-electron chi connectivity index (χ3n) is 5.85. The molecule has 2 atom stereocenters. The SMILES string of the molecule is NC(=O)Nc1cccc(C(=O)N2CCC(C3CCCN(c4ncccn4)C3)C2)c1. The predicted octanol–water partition coefficient (Wildman–Crippen LogP) is 2.35. The number of carbonyl (C=O) groups excluding carboxylic acids is 2. The fraction of sp³-hybridized carbons (Fsp3) is 0.429. The molecule has 2 aliphatic rings. The van der Waals surface area contributed by atoms with E-state index in [1.165, 1.54) is 6.42 Å². The van der Waals surface area contributed by atoms with Gasteiger partial charge in [0.25, 0.3) is 5.91 Å². The zero-order valence-corrected chi connectivity index (χ0v) is 16.3. The van der Waals surface area contributed by atoms with Crippen molar-refractivity contribution in [1.82, 2.24) is 14.9 Å². The molecular formula is C21H26N6O2. The van der Waals surface area contributed by atoms with E-state index in [2.05, 4.69) is 20.2 Å². The number of piperidine rings is 1. The Bertz CT molecular complexity index is 874. The molecule has 4 rings (SSSR count). The van der Waals surface area contributed by atoms with Crippen molar-refractivity contribution in [3.05, 3.63) is 48.3 Å². The number of anilines is 2. The van der Waals surface area contributed by atoms with Gasteiger partial charge in [-0.25, -0.2) is 14.8 Å². The summed E-state index contributed by atoms with van der Waals surface area (Å²) in [5.74, 6) is 1.81. The molecule has 3 N–H and O–H groups in total. The van der Waals surface area contributed by atoms with E-state index in [1.807, 2.05) is 11.0 Å².